The number of nitrogens with one attached hydrogen (secondary N) is 1. The number of carbonyl (C=O) groups excluding carboxylic acids is 1. The number of benzene rings is 2. The minimum Gasteiger partial charge on any atom is -0.348 e. The molecule has 1 heterocycles. The lowest BCUT2D eigenvalue weighted by atomic mass is 10.1. The summed E-state index contributed by atoms with van der Waals surface area (Å²) in [5, 5.41) is 25.6. The largest absolute Gasteiger partial charge is 0.348 e. The van der Waals surface area contributed by atoms with E-state index < -0.39 is 0 Å². The van der Waals surface area contributed by atoms with Crippen LogP contribution in [0, 0.1) is 36.5 Å². The summed E-state index contributed by atoms with van der Waals surface area (Å²) in [6.07, 6.45) is 0. The third-order valence-corrected chi connectivity index (χ3v) is 4.66. The molecule has 3 rings (SSSR count). The van der Waals surface area contributed by atoms with Gasteiger partial charge in [0.05, 0.1) is 44.9 Å². The van der Waals surface area contributed by atoms with Crippen molar-refractivity contribution in [2.24, 2.45) is 0 Å². The fourth-order valence-corrected chi connectivity index (χ4v) is 3.19. The molecule has 0 radical (unpaired) electrons. The van der Waals surface area contributed by atoms with E-state index in [4.69, 9.17) is 22.1 Å². The van der Waals surface area contributed by atoms with Gasteiger partial charge in [-0.25, -0.2) is 4.68 Å². The van der Waals surface area contributed by atoms with Crippen molar-refractivity contribution >= 4 is 17.5 Å². The molecule has 7 heteroatoms. The molecule has 0 bridgehead atoms. The fraction of sp³-hybridized carbons (Fsp3) is 0.143. The number of amides is 1. The predicted octanol–water partition coefficient (Wildman–Crippen LogP) is 3.82. The average Bonchev–Trinajstić information content (AvgIpc) is 3.00. The van der Waals surface area contributed by atoms with E-state index in [1.165, 1.54) is 0 Å². The number of halogens is 1. The molecule has 0 aliphatic heterocycles. The van der Waals surface area contributed by atoms with Crippen molar-refractivity contribution < 1.29 is 4.79 Å². The highest BCUT2D eigenvalue weighted by molar-refractivity contribution is 6.31. The lowest BCUT2D eigenvalue weighted by Gasteiger charge is -2.08. The first-order chi connectivity index (χ1) is 13.4. The van der Waals surface area contributed by atoms with Crippen LogP contribution in [-0.2, 0) is 6.54 Å². The molecule has 0 aliphatic carbocycles. The Morgan fingerprint density at radius 2 is 1.96 bits per heavy atom. The van der Waals surface area contributed by atoms with Crippen LogP contribution in [0.15, 0.2) is 42.5 Å². The van der Waals surface area contributed by atoms with Gasteiger partial charge in [0, 0.05) is 6.54 Å². The number of hydrogen-bond acceptors (Lipinski definition) is 4. The molecule has 1 N–H and O–H groups in total. The standard InChI is InChI=1S/C21H16ClN5O/c1-13-20(21(28)25-12-16-5-3-4-15(8-16)10-23)14(2)27(26-13)18-7-6-17(11-24)19(22)9-18/h3-9H,12H2,1-2H3,(H,25,28). The summed E-state index contributed by atoms with van der Waals surface area (Å²) in [5.41, 5.74) is 4.17. The van der Waals surface area contributed by atoms with Crippen LogP contribution in [0.4, 0.5) is 0 Å². The molecular weight excluding hydrogens is 374 g/mol. The third kappa shape index (κ3) is 3.73. The second-order valence-corrected chi connectivity index (χ2v) is 6.64. The number of hydrogen-bond donors (Lipinski definition) is 1. The molecule has 3 aromatic rings. The Balaban J connectivity index is 1.85. The van der Waals surface area contributed by atoms with Gasteiger partial charge in [0.2, 0.25) is 0 Å². The smallest absolute Gasteiger partial charge is 0.255 e. The second-order valence-electron chi connectivity index (χ2n) is 6.23. The van der Waals surface area contributed by atoms with Crippen LogP contribution in [0.1, 0.15) is 38.4 Å². The summed E-state index contributed by atoms with van der Waals surface area (Å²) in [4.78, 5) is 12.7. The molecule has 0 saturated carbocycles. The van der Waals surface area contributed by atoms with E-state index in [1.54, 1.807) is 54.9 Å². The van der Waals surface area contributed by atoms with E-state index in [2.05, 4.69) is 16.5 Å². The highest BCUT2D eigenvalue weighted by atomic mass is 35.5. The zero-order valence-corrected chi connectivity index (χ0v) is 16.1. The van der Waals surface area contributed by atoms with Crippen LogP contribution in [-0.4, -0.2) is 15.7 Å². The molecular formula is C21H16ClN5O. The lowest BCUT2D eigenvalue weighted by Crippen LogP contribution is -2.24. The predicted molar refractivity (Wildman–Crippen MR) is 105 cm³/mol. The maximum Gasteiger partial charge on any atom is 0.255 e. The molecule has 0 unspecified atom stereocenters. The van der Waals surface area contributed by atoms with E-state index in [1.807, 2.05) is 12.1 Å². The Morgan fingerprint density at radius 3 is 2.64 bits per heavy atom. The maximum atomic E-state index is 12.7. The van der Waals surface area contributed by atoms with Crippen LogP contribution in [0.2, 0.25) is 5.02 Å². The van der Waals surface area contributed by atoms with Crippen molar-refractivity contribution in [1.82, 2.24) is 15.1 Å². The highest BCUT2D eigenvalue weighted by Crippen LogP contribution is 2.23. The first kappa shape index (κ1) is 19.2. The van der Waals surface area contributed by atoms with Crippen LogP contribution in [0.3, 0.4) is 0 Å². The van der Waals surface area contributed by atoms with Gasteiger partial charge in [-0.1, -0.05) is 23.7 Å². The molecule has 138 valence electrons. The number of nitriles is 2. The quantitative estimate of drug-likeness (QED) is 0.733. The molecule has 0 fully saturated rings. The van der Waals surface area contributed by atoms with Gasteiger partial charge in [0.15, 0.2) is 0 Å². The van der Waals surface area contributed by atoms with Crippen LogP contribution in [0.25, 0.3) is 5.69 Å². The molecule has 6 nitrogen and oxygen atoms in total. The Kier molecular flexibility index (Phi) is 5.44. The first-order valence-electron chi connectivity index (χ1n) is 8.48. The number of rotatable bonds is 4. The summed E-state index contributed by atoms with van der Waals surface area (Å²) >= 11 is 6.12. The van der Waals surface area contributed by atoms with E-state index in [-0.39, 0.29) is 5.91 Å². The van der Waals surface area contributed by atoms with Gasteiger partial charge < -0.3 is 5.32 Å². The highest BCUT2D eigenvalue weighted by Gasteiger charge is 2.19. The Labute approximate surface area is 167 Å². The topological polar surface area (TPSA) is 94.5 Å². The Bertz CT molecular complexity index is 1150. The van der Waals surface area contributed by atoms with Crippen LogP contribution >= 0.6 is 11.6 Å². The Hall–Kier alpha value is -3.61. The lowest BCUT2D eigenvalue weighted by molar-refractivity contribution is 0.0949. The van der Waals surface area contributed by atoms with E-state index in [0.717, 1.165) is 5.56 Å². The molecule has 28 heavy (non-hydrogen) atoms. The summed E-state index contributed by atoms with van der Waals surface area (Å²) < 4.78 is 1.63. The van der Waals surface area contributed by atoms with Crippen molar-refractivity contribution in [3.05, 3.63) is 81.1 Å². The average molecular weight is 390 g/mol. The van der Waals surface area contributed by atoms with Crippen molar-refractivity contribution in [2.45, 2.75) is 20.4 Å². The van der Waals surface area contributed by atoms with Crippen molar-refractivity contribution in [2.75, 3.05) is 0 Å². The third-order valence-electron chi connectivity index (χ3n) is 4.35. The summed E-state index contributed by atoms with van der Waals surface area (Å²) in [7, 11) is 0. The SMILES string of the molecule is Cc1nn(-c2ccc(C#N)c(Cl)c2)c(C)c1C(=O)NCc1cccc(C#N)c1. The van der Waals surface area contributed by atoms with Gasteiger partial charge in [-0.3, -0.25) is 4.79 Å². The number of nitrogens with zero attached hydrogens (tertiary/aromatic N) is 4. The van der Waals surface area contributed by atoms with Crippen LogP contribution < -0.4 is 5.32 Å². The molecule has 1 aromatic heterocycles. The molecule has 0 aliphatic rings. The van der Waals surface area contributed by atoms with Crippen LogP contribution in [0.5, 0.6) is 0 Å². The molecule has 0 saturated heterocycles. The second kappa shape index (κ2) is 7.96. The normalized spacial score (nSPS) is 10.2. The zero-order valence-electron chi connectivity index (χ0n) is 15.3. The van der Waals surface area contributed by atoms with Crippen molar-refractivity contribution in [3.8, 4) is 17.8 Å². The first-order valence-corrected chi connectivity index (χ1v) is 8.86. The summed E-state index contributed by atoms with van der Waals surface area (Å²) in [5.74, 6) is -0.247. The summed E-state index contributed by atoms with van der Waals surface area (Å²) in [6.45, 7) is 3.87. The summed E-state index contributed by atoms with van der Waals surface area (Å²) in [6, 6.07) is 16.2. The van der Waals surface area contributed by atoms with E-state index >= 15 is 0 Å². The van der Waals surface area contributed by atoms with E-state index in [9.17, 15) is 4.79 Å². The van der Waals surface area contributed by atoms with Crippen molar-refractivity contribution in [3.63, 3.8) is 0 Å². The van der Waals surface area contributed by atoms with E-state index in [0.29, 0.717) is 45.3 Å². The maximum absolute atomic E-state index is 12.7. The van der Waals surface area contributed by atoms with Gasteiger partial charge in [-0.15, -0.1) is 0 Å². The number of carbonyl (C=O) groups is 1. The zero-order chi connectivity index (χ0) is 20.3. The number of aryl methyl sites for hydroxylation is 1. The molecule has 0 spiro atoms. The van der Waals surface area contributed by atoms with Crippen molar-refractivity contribution in [1.29, 1.82) is 10.5 Å². The minimum atomic E-state index is -0.247. The molecule has 2 aromatic carbocycles. The van der Waals surface area contributed by atoms with Gasteiger partial charge in [-0.05, 0) is 49.7 Å². The minimum absolute atomic E-state index is 0.247. The van der Waals surface area contributed by atoms with Gasteiger partial charge in [0.25, 0.3) is 5.91 Å². The van der Waals surface area contributed by atoms with Gasteiger partial charge >= 0.3 is 0 Å². The monoisotopic (exact) mass is 389 g/mol. The van der Waals surface area contributed by atoms with Gasteiger partial charge in [0.1, 0.15) is 6.07 Å². The molecule has 0 atom stereocenters. The number of aromatic nitrogens is 2. The fourth-order valence-electron chi connectivity index (χ4n) is 2.97. The van der Waals surface area contributed by atoms with Gasteiger partial charge in [-0.2, -0.15) is 15.6 Å². The Morgan fingerprint density at radius 1 is 1.18 bits per heavy atom. The molecule has 1 amide bonds.